The lowest BCUT2D eigenvalue weighted by atomic mass is 9.91. The van der Waals surface area contributed by atoms with Crippen molar-refractivity contribution in [1.29, 1.82) is 0 Å². The third kappa shape index (κ3) is 2.21. The Morgan fingerprint density at radius 2 is 1.76 bits per heavy atom. The predicted octanol–water partition coefficient (Wildman–Crippen LogP) is 1.92. The maximum Gasteiger partial charge on any atom is 0.181 e. The van der Waals surface area contributed by atoms with Gasteiger partial charge in [-0.1, -0.05) is 6.92 Å². The molecule has 1 aromatic carbocycles. The molecule has 2 aliphatic rings. The molecule has 0 fully saturated rings. The van der Waals surface area contributed by atoms with Crippen LogP contribution in [0.25, 0.3) is 0 Å². The van der Waals surface area contributed by atoms with Crippen molar-refractivity contribution in [2.24, 2.45) is 5.92 Å². The summed E-state index contributed by atoms with van der Waals surface area (Å²) < 4.78 is 36.8. The Bertz CT molecular complexity index is 656. The summed E-state index contributed by atoms with van der Waals surface area (Å²) in [7, 11) is -1.47. The third-order valence-corrected chi connectivity index (χ3v) is 6.96. The highest BCUT2D eigenvalue weighted by Gasteiger charge is 2.42. The summed E-state index contributed by atoms with van der Waals surface area (Å²) in [5.41, 5.74) is 0.785. The molecule has 1 N–H and O–H groups in total. The lowest BCUT2D eigenvalue weighted by Crippen LogP contribution is -2.40. The first-order valence-electron chi connectivity index (χ1n) is 7.31. The highest BCUT2D eigenvalue weighted by atomic mass is 32.2. The average molecular weight is 311 g/mol. The number of fused-ring (bicyclic) bond motifs is 2. The van der Waals surface area contributed by atoms with Crippen LogP contribution in [0.5, 0.6) is 11.5 Å². The van der Waals surface area contributed by atoms with E-state index in [4.69, 9.17) is 9.47 Å². The van der Waals surface area contributed by atoms with E-state index in [-0.39, 0.29) is 12.0 Å². The molecular formula is C15H21NO4S. The fourth-order valence-electron chi connectivity index (χ4n) is 3.15. The van der Waals surface area contributed by atoms with Crippen LogP contribution in [0.1, 0.15) is 31.9 Å². The molecule has 2 heterocycles. The second kappa shape index (κ2) is 5.18. The fraction of sp³-hybridized carbons (Fsp3) is 0.600. The summed E-state index contributed by atoms with van der Waals surface area (Å²) in [5, 5.41) is 2.82. The number of sulfone groups is 1. The Hall–Kier alpha value is -1.27. The molecule has 0 aromatic heterocycles. The highest BCUT2D eigenvalue weighted by Crippen LogP contribution is 2.45. The standard InChI is InChI=1S/C15H21NO4S/c1-9-10(2)21(17,18)14-8-13-12(19-5-4-6-20-13)7-11(14)15(9)16-3/h7-10,15-16H,4-6H2,1-3H3. The normalized spacial score (nSPS) is 30.3. The molecule has 0 radical (unpaired) electrons. The first-order valence-corrected chi connectivity index (χ1v) is 8.86. The third-order valence-electron chi connectivity index (χ3n) is 4.59. The fourth-order valence-corrected chi connectivity index (χ4v) is 5.06. The summed E-state index contributed by atoms with van der Waals surface area (Å²) in [6, 6.07) is 3.46. The smallest absolute Gasteiger partial charge is 0.181 e. The van der Waals surface area contributed by atoms with Crippen molar-refractivity contribution in [2.75, 3.05) is 20.3 Å². The van der Waals surface area contributed by atoms with E-state index in [1.165, 1.54) is 0 Å². The van der Waals surface area contributed by atoms with Crippen LogP contribution in [0.2, 0.25) is 0 Å². The van der Waals surface area contributed by atoms with Crippen LogP contribution in [0, 0.1) is 5.92 Å². The largest absolute Gasteiger partial charge is 0.490 e. The Kier molecular flexibility index (Phi) is 3.61. The lowest BCUT2D eigenvalue weighted by molar-refractivity contribution is 0.296. The molecule has 0 saturated heterocycles. The molecule has 6 heteroatoms. The molecule has 116 valence electrons. The van der Waals surface area contributed by atoms with Crippen molar-refractivity contribution < 1.29 is 17.9 Å². The molecule has 3 rings (SSSR count). The number of hydrogen-bond acceptors (Lipinski definition) is 5. The molecule has 0 bridgehead atoms. The number of benzene rings is 1. The van der Waals surface area contributed by atoms with Gasteiger partial charge in [0.05, 0.1) is 23.4 Å². The number of hydrogen-bond donors (Lipinski definition) is 1. The van der Waals surface area contributed by atoms with Gasteiger partial charge in [-0.25, -0.2) is 8.42 Å². The number of ether oxygens (including phenoxy) is 2. The van der Waals surface area contributed by atoms with E-state index in [2.05, 4.69) is 5.32 Å². The van der Waals surface area contributed by atoms with Crippen LogP contribution in [0.4, 0.5) is 0 Å². The van der Waals surface area contributed by atoms with Gasteiger partial charge in [0.1, 0.15) is 0 Å². The highest BCUT2D eigenvalue weighted by molar-refractivity contribution is 7.92. The van der Waals surface area contributed by atoms with E-state index >= 15 is 0 Å². The monoisotopic (exact) mass is 311 g/mol. The van der Waals surface area contributed by atoms with Crippen LogP contribution in [-0.4, -0.2) is 33.9 Å². The summed E-state index contributed by atoms with van der Waals surface area (Å²) in [4.78, 5) is 0.372. The van der Waals surface area contributed by atoms with Gasteiger partial charge in [-0.15, -0.1) is 0 Å². The lowest BCUT2D eigenvalue weighted by Gasteiger charge is -2.36. The first kappa shape index (κ1) is 14.7. The Morgan fingerprint density at radius 1 is 1.14 bits per heavy atom. The van der Waals surface area contributed by atoms with Crippen LogP contribution < -0.4 is 14.8 Å². The SMILES string of the molecule is CNC1c2cc3c(cc2S(=O)(=O)C(C)C1C)OCCCO3. The molecule has 5 nitrogen and oxygen atoms in total. The van der Waals surface area contributed by atoms with Gasteiger partial charge in [-0.3, -0.25) is 0 Å². The second-order valence-electron chi connectivity index (χ2n) is 5.76. The van der Waals surface area contributed by atoms with Gasteiger partial charge in [0.15, 0.2) is 21.3 Å². The van der Waals surface area contributed by atoms with Crippen molar-refractivity contribution in [2.45, 2.75) is 36.5 Å². The zero-order valence-electron chi connectivity index (χ0n) is 12.5. The van der Waals surface area contributed by atoms with E-state index in [0.29, 0.717) is 29.6 Å². The predicted molar refractivity (Wildman–Crippen MR) is 79.7 cm³/mol. The minimum absolute atomic E-state index is 0.00255. The molecule has 21 heavy (non-hydrogen) atoms. The zero-order valence-corrected chi connectivity index (χ0v) is 13.4. The van der Waals surface area contributed by atoms with Crippen molar-refractivity contribution in [3.05, 3.63) is 17.7 Å². The van der Waals surface area contributed by atoms with Crippen molar-refractivity contribution in [3.63, 3.8) is 0 Å². The van der Waals surface area contributed by atoms with Gasteiger partial charge in [-0.2, -0.15) is 0 Å². The van der Waals surface area contributed by atoms with E-state index in [0.717, 1.165) is 12.0 Å². The Morgan fingerprint density at radius 3 is 2.38 bits per heavy atom. The molecule has 1 aromatic rings. The Labute approximate surface area is 125 Å². The van der Waals surface area contributed by atoms with Gasteiger partial charge in [0.2, 0.25) is 0 Å². The van der Waals surface area contributed by atoms with E-state index in [1.54, 1.807) is 13.0 Å². The van der Waals surface area contributed by atoms with Crippen LogP contribution in [-0.2, 0) is 9.84 Å². The maximum atomic E-state index is 12.7. The van der Waals surface area contributed by atoms with Gasteiger partial charge in [0, 0.05) is 18.5 Å². The molecule has 0 spiro atoms. The molecule has 0 aliphatic carbocycles. The minimum atomic E-state index is -3.33. The molecule has 3 atom stereocenters. The molecule has 0 amide bonds. The minimum Gasteiger partial charge on any atom is -0.490 e. The number of rotatable bonds is 1. The summed E-state index contributed by atoms with van der Waals surface area (Å²) >= 11 is 0. The van der Waals surface area contributed by atoms with Crippen molar-refractivity contribution >= 4 is 9.84 Å². The van der Waals surface area contributed by atoms with Crippen molar-refractivity contribution in [1.82, 2.24) is 5.32 Å². The number of nitrogens with one attached hydrogen (secondary N) is 1. The molecule has 0 saturated carbocycles. The van der Waals surface area contributed by atoms with Gasteiger partial charge in [0.25, 0.3) is 0 Å². The summed E-state index contributed by atoms with van der Waals surface area (Å²) in [6.07, 6.45) is 0.800. The summed E-state index contributed by atoms with van der Waals surface area (Å²) in [6.45, 7) is 4.88. The quantitative estimate of drug-likeness (QED) is 0.858. The van der Waals surface area contributed by atoms with Crippen LogP contribution in [0.15, 0.2) is 17.0 Å². The summed E-state index contributed by atoms with van der Waals surface area (Å²) in [5.74, 6) is 1.17. The van der Waals surface area contributed by atoms with E-state index in [1.807, 2.05) is 20.0 Å². The average Bonchev–Trinajstić information content (AvgIpc) is 2.69. The van der Waals surface area contributed by atoms with Crippen LogP contribution >= 0.6 is 0 Å². The zero-order chi connectivity index (χ0) is 15.2. The van der Waals surface area contributed by atoms with E-state index in [9.17, 15) is 8.42 Å². The van der Waals surface area contributed by atoms with Gasteiger partial charge < -0.3 is 14.8 Å². The molecular weight excluding hydrogens is 290 g/mol. The van der Waals surface area contributed by atoms with Crippen LogP contribution in [0.3, 0.4) is 0 Å². The second-order valence-corrected chi connectivity index (χ2v) is 8.04. The molecule has 2 aliphatic heterocycles. The van der Waals surface area contributed by atoms with Crippen molar-refractivity contribution in [3.8, 4) is 11.5 Å². The molecule has 3 unspecified atom stereocenters. The van der Waals surface area contributed by atoms with E-state index < -0.39 is 15.1 Å². The maximum absolute atomic E-state index is 12.7. The van der Waals surface area contributed by atoms with Gasteiger partial charge in [-0.05, 0) is 31.5 Å². The topological polar surface area (TPSA) is 64.6 Å². The first-order chi connectivity index (χ1) is 9.96. The Balaban J connectivity index is 2.22. The van der Waals surface area contributed by atoms with Gasteiger partial charge >= 0.3 is 0 Å².